The Hall–Kier alpha value is -2.50. The summed E-state index contributed by atoms with van der Waals surface area (Å²) in [7, 11) is 0. The number of carbonyl (C=O) groups is 1. The third kappa shape index (κ3) is 2.05. The Bertz CT molecular complexity index is 585. The zero-order valence-corrected chi connectivity index (χ0v) is 8.72. The Morgan fingerprint density at radius 3 is 2.65 bits per heavy atom. The fourth-order valence-corrected chi connectivity index (χ4v) is 1.43. The second-order valence-corrected chi connectivity index (χ2v) is 3.33. The molecule has 0 atom stereocenters. The van der Waals surface area contributed by atoms with E-state index in [0.29, 0.717) is 0 Å². The highest BCUT2D eigenvalue weighted by atomic mass is 19.1. The van der Waals surface area contributed by atoms with Gasteiger partial charge in [-0.2, -0.15) is 0 Å². The summed E-state index contributed by atoms with van der Waals surface area (Å²) < 4.78 is 13.6. The quantitative estimate of drug-likeness (QED) is 0.806. The van der Waals surface area contributed by atoms with Crippen LogP contribution in [-0.2, 0) is 0 Å². The highest BCUT2D eigenvalue weighted by Crippen LogP contribution is 2.24. The molecule has 0 saturated carbocycles. The van der Waals surface area contributed by atoms with Gasteiger partial charge in [0.1, 0.15) is 5.82 Å². The molecular weight excluding hydrogens is 223 g/mol. The van der Waals surface area contributed by atoms with Gasteiger partial charge in [0.2, 0.25) is 5.95 Å². The van der Waals surface area contributed by atoms with Crippen molar-refractivity contribution in [1.82, 2.24) is 9.97 Å². The van der Waals surface area contributed by atoms with Gasteiger partial charge < -0.3 is 11.5 Å². The van der Waals surface area contributed by atoms with Crippen LogP contribution < -0.4 is 11.5 Å². The number of anilines is 1. The third-order valence-electron chi connectivity index (χ3n) is 2.20. The lowest BCUT2D eigenvalue weighted by Crippen LogP contribution is -2.15. The molecule has 0 aliphatic carbocycles. The van der Waals surface area contributed by atoms with E-state index in [0.717, 1.165) is 0 Å². The fraction of sp³-hybridized carbons (Fsp3) is 0. The van der Waals surface area contributed by atoms with Gasteiger partial charge in [0.15, 0.2) is 0 Å². The molecular formula is C11H9FN4O. The summed E-state index contributed by atoms with van der Waals surface area (Å²) in [6, 6.07) is 5.91. The van der Waals surface area contributed by atoms with Gasteiger partial charge in [-0.25, -0.2) is 14.4 Å². The summed E-state index contributed by atoms with van der Waals surface area (Å²) in [6.07, 6.45) is 1.19. The minimum absolute atomic E-state index is 0.0318. The number of carbonyl (C=O) groups excluding carboxylic acids is 1. The van der Waals surface area contributed by atoms with Crippen molar-refractivity contribution in [1.29, 1.82) is 0 Å². The summed E-state index contributed by atoms with van der Waals surface area (Å²) in [5.74, 6) is -1.29. The van der Waals surface area contributed by atoms with Gasteiger partial charge >= 0.3 is 0 Å². The summed E-state index contributed by atoms with van der Waals surface area (Å²) >= 11 is 0. The molecule has 0 bridgehead atoms. The van der Waals surface area contributed by atoms with Crippen molar-refractivity contribution in [2.24, 2.45) is 5.73 Å². The Morgan fingerprint density at radius 2 is 2.00 bits per heavy atom. The maximum Gasteiger partial charge on any atom is 0.252 e. The van der Waals surface area contributed by atoms with Gasteiger partial charge in [-0.3, -0.25) is 4.79 Å². The molecule has 2 aromatic rings. The average Bonchev–Trinajstić information content (AvgIpc) is 2.29. The minimum atomic E-state index is -0.733. The van der Waals surface area contributed by atoms with Crippen molar-refractivity contribution in [3.05, 3.63) is 41.8 Å². The van der Waals surface area contributed by atoms with E-state index >= 15 is 0 Å². The van der Waals surface area contributed by atoms with Crippen molar-refractivity contribution in [2.75, 3.05) is 5.73 Å². The lowest BCUT2D eigenvalue weighted by molar-refractivity contribution is 0.100. The molecule has 17 heavy (non-hydrogen) atoms. The zero-order chi connectivity index (χ0) is 12.4. The molecule has 0 spiro atoms. The lowest BCUT2D eigenvalue weighted by atomic mass is 10.1. The molecule has 1 heterocycles. The number of benzene rings is 1. The molecule has 0 aliphatic rings. The molecule has 0 unspecified atom stereocenters. The molecule has 0 saturated heterocycles. The molecule has 0 fully saturated rings. The number of primary amides is 1. The molecule has 6 heteroatoms. The predicted octanol–water partition coefficient (Wildman–Crippen LogP) is 0.964. The van der Waals surface area contributed by atoms with Crippen molar-refractivity contribution in [3.63, 3.8) is 0 Å². The first-order valence-electron chi connectivity index (χ1n) is 4.77. The SMILES string of the molecule is NC(=O)c1cnc(N)nc1-c1ccccc1F. The third-order valence-corrected chi connectivity index (χ3v) is 2.20. The maximum atomic E-state index is 13.6. The van der Waals surface area contributed by atoms with Gasteiger partial charge in [0, 0.05) is 11.8 Å². The predicted molar refractivity (Wildman–Crippen MR) is 60.4 cm³/mol. The highest BCUT2D eigenvalue weighted by Gasteiger charge is 2.15. The Labute approximate surface area is 96.3 Å². The molecule has 86 valence electrons. The van der Waals surface area contributed by atoms with Crippen LogP contribution in [0.5, 0.6) is 0 Å². The first-order chi connectivity index (χ1) is 8.09. The number of nitrogens with two attached hydrogens (primary N) is 2. The maximum absolute atomic E-state index is 13.6. The molecule has 4 N–H and O–H groups in total. The largest absolute Gasteiger partial charge is 0.368 e. The second-order valence-electron chi connectivity index (χ2n) is 3.33. The summed E-state index contributed by atoms with van der Waals surface area (Å²) in [6.45, 7) is 0. The average molecular weight is 232 g/mol. The molecule has 1 amide bonds. The van der Waals surface area contributed by atoms with E-state index in [4.69, 9.17) is 11.5 Å². The van der Waals surface area contributed by atoms with E-state index in [2.05, 4.69) is 9.97 Å². The van der Waals surface area contributed by atoms with Gasteiger partial charge in [-0.05, 0) is 12.1 Å². The van der Waals surface area contributed by atoms with Crippen LogP contribution in [0.15, 0.2) is 30.5 Å². The van der Waals surface area contributed by atoms with Crippen molar-refractivity contribution >= 4 is 11.9 Å². The number of hydrogen-bond donors (Lipinski definition) is 2. The Balaban J connectivity index is 2.70. The van der Waals surface area contributed by atoms with Gasteiger partial charge in [0.25, 0.3) is 5.91 Å². The summed E-state index contributed by atoms with van der Waals surface area (Å²) in [5, 5.41) is 0. The van der Waals surface area contributed by atoms with E-state index in [9.17, 15) is 9.18 Å². The van der Waals surface area contributed by atoms with E-state index in [1.54, 1.807) is 6.07 Å². The van der Waals surface area contributed by atoms with Gasteiger partial charge in [-0.1, -0.05) is 12.1 Å². The van der Waals surface area contributed by atoms with Crippen LogP contribution in [0.1, 0.15) is 10.4 Å². The van der Waals surface area contributed by atoms with E-state index in [1.165, 1.54) is 24.4 Å². The highest BCUT2D eigenvalue weighted by molar-refractivity contribution is 5.98. The van der Waals surface area contributed by atoms with Crippen LogP contribution in [-0.4, -0.2) is 15.9 Å². The topological polar surface area (TPSA) is 94.9 Å². The zero-order valence-electron chi connectivity index (χ0n) is 8.72. The number of halogens is 1. The smallest absolute Gasteiger partial charge is 0.252 e. The van der Waals surface area contributed by atoms with Crippen LogP contribution in [0.3, 0.4) is 0 Å². The number of aromatic nitrogens is 2. The fourth-order valence-electron chi connectivity index (χ4n) is 1.43. The molecule has 0 radical (unpaired) electrons. The van der Waals surface area contributed by atoms with Crippen LogP contribution in [0.2, 0.25) is 0 Å². The van der Waals surface area contributed by atoms with E-state index < -0.39 is 11.7 Å². The van der Waals surface area contributed by atoms with Crippen molar-refractivity contribution < 1.29 is 9.18 Å². The standard InChI is InChI=1S/C11H9FN4O/c12-8-4-2-1-3-6(8)9-7(10(13)17)5-15-11(14)16-9/h1-5H,(H2,13,17)(H2,14,15,16). The monoisotopic (exact) mass is 232 g/mol. The lowest BCUT2D eigenvalue weighted by Gasteiger charge is -2.06. The molecule has 0 aliphatic heterocycles. The molecule has 1 aromatic carbocycles. The van der Waals surface area contributed by atoms with Crippen LogP contribution >= 0.6 is 0 Å². The van der Waals surface area contributed by atoms with Crippen LogP contribution in [0.4, 0.5) is 10.3 Å². The number of nitrogen functional groups attached to an aromatic ring is 1. The molecule has 5 nitrogen and oxygen atoms in total. The first kappa shape index (κ1) is 11.0. The van der Waals surface area contributed by atoms with Crippen molar-refractivity contribution in [2.45, 2.75) is 0 Å². The summed E-state index contributed by atoms with van der Waals surface area (Å²) in [4.78, 5) is 18.7. The Kier molecular flexibility index (Phi) is 2.70. The van der Waals surface area contributed by atoms with Gasteiger partial charge in [0.05, 0.1) is 11.3 Å². The van der Waals surface area contributed by atoms with E-state index in [-0.39, 0.29) is 22.8 Å². The second kappa shape index (κ2) is 4.17. The van der Waals surface area contributed by atoms with Crippen LogP contribution in [0.25, 0.3) is 11.3 Å². The Morgan fingerprint density at radius 1 is 1.29 bits per heavy atom. The minimum Gasteiger partial charge on any atom is -0.368 e. The first-order valence-corrected chi connectivity index (χ1v) is 4.77. The number of hydrogen-bond acceptors (Lipinski definition) is 4. The number of amides is 1. The summed E-state index contributed by atoms with van der Waals surface area (Å²) in [5.41, 5.74) is 10.9. The normalized spacial score (nSPS) is 10.2. The molecule has 1 aromatic heterocycles. The van der Waals surface area contributed by atoms with Crippen LogP contribution in [0, 0.1) is 5.82 Å². The van der Waals surface area contributed by atoms with Crippen molar-refractivity contribution in [3.8, 4) is 11.3 Å². The van der Waals surface area contributed by atoms with E-state index in [1.807, 2.05) is 0 Å². The molecule has 2 rings (SSSR count). The number of nitrogens with zero attached hydrogens (tertiary/aromatic N) is 2. The number of rotatable bonds is 2. The van der Waals surface area contributed by atoms with Gasteiger partial charge in [-0.15, -0.1) is 0 Å².